The summed E-state index contributed by atoms with van der Waals surface area (Å²) in [6, 6.07) is 4.15. The van der Waals surface area contributed by atoms with Gasteiger partial charge < -0.3 is 4.74 Å². The van der Waals surface area contributed by atoms with Gasteiger partial charge >= 0.3 is 0 Å². The molecule has 1 saturated heterocycles. The van der Waals surface area contributed by atoms with Crippen LogP contribution in [0.25, 0.3) is 0 Å². The van der Waals surface area contributed by atoms with Crippen molar-refractivity contribution in [1.29, 1.82) is 0 Å². The number of hydrogen-bond donors (Lipinski definition) is 0. The zero-order valence-corrected chi connectivity index (χ0v) is 11.6. The van der Waals surface area contributed by atoms with E-state index in [2.05, 4.69) is 15.9 Å². The predicted molar refractivity (Wildman–Crippen MR) is 68.5 cm³/mol. The maximum Gasteiger partial charge on any atom is 0.273 e. The van der Waals surface area contributed by atoms with E-state index in [4.69, 9.17) is 4.74 Å². The van der Waals surface area contributed by atoms with Crippen molar-refractivity contribution in [2.75, 3.05) is 11.5 Å². The van der Waals surface area contributed by atoms with Crippen molar-refractivity contribution >= 4 is 31.5 Å². The zero-order valence-electron chi connectivity index (χ0n) is 9.21. The van der Waals surface area contributed by atoms with E-state index in [0.717, 1.165) is 0 Å². The van der Waals surface area contributed by atoms with Crippen LogP contribution in [0.4, 0.5) is 5.69 Å². The molecule has 1 aromatic carbocycles. The monoisotopic (exact) mass is 335 g/mol. The highest BCUT2D eigenvalue weighted by Gasteiger charge is 2.30. The molecule has 8 heteroatoms. The lowest BCUT2D eigenvalue weighted by atomic mass is 10.3. The van der Waals surface area contributed by atoms with E-state index in [1.165, 1.54) is 18.2 Å². The number of nitro groups is 1. The lowest BCUT2D eigenvalue weighted by molar-refractivity contribution is -0.385. The molecule has 0 aliphatic carbocycles. The number of nitrogens with zero attached hydrogens (tertiary/aromatic N) is 1. The van der Waals surface area contributed by atoms with E-state index in [9.17, 15) is 18.5 Å². The van der Waals surface area contributed by atoms with Gasteiger partial charge in [-0.3, -0.25) is 10.1 Å². The third kappa shape index (κ3) is 2.99. The number of benzene rings is 1. The van der Waals surface area contributed by atoms with Gasteiger partial charge in [0.1, 0.15) is 11.9 Å². The van der Waals surface area contributed by atoms with Crippen LogP contribution >= 0.6 is 15.9 Å². The fourth-order valence-corrected chi connectivity index (χ4v) is 3.66. The van der Waals surface area contributed by atoms with E-state index in [-0.39, 0.29) is 17.2 Å². The molecular weight excluding hydrogens is 326 g/mol. The Morgan fingerprint density at radius 2 is 2.17 bits per heavy atom. The molecule has 6 nitrogen and oxygen atoms in total. The molecule has 2 rings (SSSR count). The van der Waals surface area contributed by atoms with Crippen molar-refractivity contribution in [2.24, 2.45) is 0 Å². The fraction of sp³-hybridized carbons (Fsp3) is 0.400. The number of non-ortho nitro benzene ring substituents is 1. The Hall–Kier alpha value is -1.15. The van der Waals surface area contributed by atoms with Gasteiger partial charge in [-0.1, -0.05) is 0 Å². The second-order valence-corrected chi connectivity index (χ2v) is 7.10. The predicted octanol–water partition coefficient (Wildman–Crippen LogP) is 1.92. The Bertz CT molecular complexity index is 586. The van der Waals surface area contributed by atoms with Crippen LogP contribution in [0.5, 0.6) is 5.75 Å². The molecule has 1 aliphatic heterocycles. The summed E-state index contributed by atoms with van der Waals surface area (Å²) in [5, 5.41) is 10.6. The first-order valence-corrected chi connectivity index (χ1v) is 7.80. The molecule has 1 fully saturated rings. The zero-order chi connectivity index (χ0) is 13.3. The second kappa shape index (κ2) is 4.85. The number of rotatable bonds is 3. The number of halogens is 1. The maximum absolute atomic E-state index is 11.3. The molecule has 0 aromatic heterocycles. The van der Waals surface area contributed by atoms with E-state index >= 15 is 0 Å². The van der Waals surface area contributed by atoms with Gasteiger partial charge in [0.2, 0.25) is 0 Å². The summed E-state index contributed by atoms with van der Waals surface area (Å²) >= 11 is 3.22. The maximum atomic E-state index is 11.3. The van der Waals surface area contributed by atoms with Crippen molar-refractivity contribution in [3.63, 3.8) is 0 Å². The average Bonchev–Trinajstić information content (AvgIpc) is 2.61. The fourth-order valence-electron chi connectivity index (χ4n) is 1.73. The molecule has 0 radical (unpaired) electrons. The summed E-state index contributed by atoms with van der Waals surface area (Å²) in [5.74, 6) is 0.359. The highest BCUT2D eigenvalue weighted by Crippen LogP contribution is 2.31. The average molecular weight is 336 g/mol. The second-order valence-electron chi connectivity index (χ2n) is 4.01. The molecule has 1 heterocycles. The summed E-state index contributed by atoms with van der Waals surface area (Å²) in [6.07, 6.45) is -0.0226. The molecule has 0 amide bonds. The first-order chi connectivity index (χ1) is 8.37. The largest absolute Gasteiger partial charge is 0.488 e. The molecule has 1 atom stereocenters. The normalized spacial score (nSPS) is 21.7. The standard InChI is InChI=1S/C10H10BrNO5S/c11-9-2-1-7(12(13)14)5-10(9)17-8-3-4-18(15,16)6-8/h1-2,5,8H,3-4,6H2. The topological polar surface area (TPSA) is 86.5 Å². The molecule has 0 spiro atoms. The van der Waals surface area contributed by atoms with Crippen molar-refractivity contribution < 1.29 is 18.1 Å². The molecule has 0 bridgehead atoms. The van der Waals surface area contributed by atoms with E-state index in [0.29, 0.717) is 16.6 Å². The van der Waals surface area contributed by atoms with Gasteiger partial charge in [0.05, 0.1) is 27.0 Å². The Balaban J connectivity index is 2.19. The minimum Gasteiger partial charge on any atom is -0.488 e. The Morgan fingerprint density at radius 1 is 1.44 bits per heavy atom. The van der Waals surface area contributed by atoms with Crippen LogP contribution in [-0.2, 0) is 9.84 Å². The van der Waals surface area contributed by atoms with E-state index < -0.39 is 20.9 Å². The first kappa shape index (κ1) is 13.3. The van der Waals surface area contributed by atoms with Crippen molar-refractivity contribution in [2.45, 2.75) is 12.5 Å². The lowest BCUT2D eigenvalue weighted by Gasteiger charge is -2.13. The van der Waals surface area contributed by atoms with Crippen molar-refractivity contribution in [3.05, 3.63) is 32.8 Å². The van der Waals surface area contributed by atoms with Gasteiger partial charge in [0.25, 0.3) is 5.69 Å². The first-order valence-electron chi connectivity index (χ1n) is 5.18. The SMILES string of the molecule is O=[N+]([O-])c1ccc(Br)c(OC2CCS(=O)(=O)C2)c1. The minimum absolute atomic E-state index is 0.0396. The Kier molecular flexibility index (Phi) is 3.58. The number of hydrogen-bond acceptors (Lipinski definition) is 5. The van der Waals surface area contributed by atoms with Crippen LogP contribution in [0, 0.1) is 10.1 Å². The smallest absolute Gasteiger partial charge is 0.273 e. The van der Waals surface area contributed by atoms with Gasteiger partial charge in [-0.15, -0.1) is 0 Å². The molecule has 1 aliphatic rings. The molecule has 0 N–H and O–H groups in total. The van der Waals surface area contributed by atoms with Gasteiger partial charge in [-0.05, 0) is 28.4 Å². The van der Waals surface area contributed by atoms with Crippen LogP contribution in [0.1, 0.15) is 6.42 Å². The third-order valence-electron chi connectivity index (χ3n) is 2.61. The van der Waals surface area contributed by atoms with Gasteiger partial charge in [-0.2, -0.15) is 0 Å². The molecule has 1 unspecified atom stereocenters. The quantitative estimate of drug-likeness (QED) is 0.622. The summed E-state index contributed by atoms with van der Waals surface area (Å²) in [4.78, 5) is 10.1. The molecule has 1 aromatic rings. The lowest BCUT2D eigenvalue weighted by Crippen LogP contribution is -2.18. The van der Waals surface area contributed by atoms with Gasteiger partial charge in [-0.25, -0.2) is 8.42 Å². The molecule has 18 heavy (non-hydrogen) atoms. The van der Waals surface area contributed by atoms with E-state index in [1.807, 2.05) is 0 Å². The van der Waals surface area contributed by atoms with Crippen LogP contribution in [-0.4, -0.2) is 31.0 Å². The molecule has 98 valence electrons. The highest BCUT2D eigenvalue weighted by molar-refractivity contribution is 9.10. The number of nitro benzene ring substituents is 1. The summed E-state index contributed by atoms with van der Waals surface area (Å²) in [6.45, 7) is 0. The van der Waals surface area contributed by atoms with Crippen molar-refractivity contribution in [1.82, 2.24) is 0 Å². The minimum atomic E-state index is -3.03. The summed E-state index contributed by atoms with van der Waals surface area (Å²) < 4.78 is 28.7. The van der Waals surface area contributed by atoms with Crippen LogP contribution < -0.4 is 4.74 Å². The Labute approximate surface area is 112 Å². The number of sulfone groups is 1. The summed E-state index contributed by atoms with van der Waals surface area (Å²) in [5.41, 5.74) is -0.0888. The van der Waals surface area contributed by atoms with Crippen LogP contribution in [0.2, 0.25) is 0 Å². The Morgan fingerprint density at radius 3 is 2.72 bits per heavy atom. The van der Waals surface area contributed by atoms with Gasteiger partial charge in [0.15, 0.2) is 9.84 Å². The van der Waals surface area contributed by atoms with Crippen LogP contribution in [0.3, 0.4) is 0 Å². The molecular formula is C10H10BrNO5S. The van der Waals surface area contributed by atoms with Crippen LogP contribution in [0.15, 0.2) is 22.7 Å². The number of ether oxygens (including phenoxy) is 1. The highest BCUT2D eigenvalue weighted by atomic mass is 79.9. The van der Waals surface area contributed by atoms with E-state index in [1.54, 1.807) is 0 Å². The molecule has 0 saturated carbocycles. The summed E-state index contributed by atoms with van der Waals surface area (Å²) in [7, 11) is -3.03. The third-order valence-corrected chi connectivity index (χ3v) is 5.00. The van der Waals surface area contributed by atoms with Crippen molar-refractivity contribution in [3.8, 4) is 5.75 Å². The van der Waals surface area contributed by atoms with Gasteiger partial charge in [0, 0.05) is 6.07 Å².